The Morgan fingerprint density at radius 3 is 1.35 bits per heavy atom. The molecule has 12 heteroatoms. The molecule has 0 unspecified atom stereocenters. The normalized spacial score (nSPS) is 12.5. The fourth-order valence-corrected chi connectivity index (χ4v) is 4.99. The van der Waals surface area contributed by atoms with E-state index in [2.05, 4.69) is 10.3 Å². The number of rotatable bonds is 24. The quantitative estimate of drug-likeness (QED) is 0.0599. The van der Waals surface area contributed by atoms with E-state index in [0.717, 1.165) is 45.1 Å². The Balaban J connectivity index is 1.10. The SMILES string of the molecule is COCCOCCO[C@H](C)COc1ccc(-c2cc(-c3cccc(-c4cc(-c5ccc(OC[C@@H](C)OCCOCCOC)cc5)no4)c3)on2)cc1. The highest BCUT2D eigenvalue weighted by Crippen LogP contribution is 2.32. The number of methoxy groups -OCH3 is 2. The van der Waals surface area contributed by atoms with E-state index < -0.39 is 0 Å². The van der Waals surface area contributed by atoms with Crippen molar-refractivity contribution in [2.24, 2.45) is 0 Å². The third-order valence-corrected chi connectivity index (χ3v) is 7.85. The van der Waals surface area contributed by atoms with Crippen molar-refractivity contribution in [2.45, 2.75) is 26.1 Å². The Kier molecular flexibility index (Phi) is 15.7. The predicted octanol–water partition coefficient (Wildman–Crippen LogP) is 7.22. The molecule has 5 rings (SSSR count). The van der Waals surface area contributed by atoms with Gasteiger partial charge in [0.15, 0.2) is 11.5 Å². The van der Waals surface area contributed by atoms with Crippen molar-refractivity contribution < 1.29 is 46.9 Å². The number of benzene rings is 3. The van der Waals surface area contributed by atoms with Gasteiger partial charge in [-0.05, 0) is 68.4 Å². The summed E-state index contributed by atoms with van der Waals surface area (Å²) in [5.41, 5.74) is 4.99. The second-order valence-electron chi connectivity index (χ2n) is 12.0. The molecule has 0 aliphatic rings. The molecular weight excluding hydrogens is 668 g/mol. The number of aromatic nitrogens is 2. The second-order valence-corrected chi connectivity index (χ2v) is 12.0. The Morgan fingerprint density at radius 1 is 0.500 bits per heavy atom. The maximum absolute atomic E-state index is 5.90. The molecule has 5 aromatic rings. The molecule has 52 heavy (non-hydrogen) atoms. The number of hydrogen-bond acceptors (Lipinski definition) is 12. The van der Waals surface area contributed by atoms with Crippen LogP contribution in [0, 0.1) is 0 Å². The topological polar surface area (TPSA) is 126 Å². The first-order valence-corrected chi connectivity index (χ1v) is 17.4. The number of nitrogens with zero attached hydrogens (tertiary/aromatic N) is 2. The Bertz CT molecular complexity index is 1600. The van der Waals surface area contributed by atoms with Crippen LogP contribution in [0.2, 0.25) is 0 Å². The second kappa shape index (κ2) is 21.1. The van der Waals surface area contributed by atoms with Gasteiger partial charge in [0.25, 0.3) is 0 Å². The smallest absolute Gasteiger partial charge is 0.167 e. The van der Waals surface area contributed by atoms with Gasteiger partial charge in [-0.3, -0.25) is 0 Å². The van der Waals surface area contributed by atoms with E-state index in [9.17, 15) is 0 Å². The van der Waals surface area contributed by atoms with Gasteiger partial charge in [0.1, 0.15) is 36.1 Å². The van der Waals surface area contributed by atoms with Crippen LogP contribution in [0.3, 0.4) is 0 Å². The van der Waals surface area contributed by atoms with Gasteiger partial charge in [0, 0.05) is 48.6 Å². The molecule has 0 aliphatic carbocycles. The molecule has 3 aromatic carbocycles. The van der Waals surface area contributed by atoms with Crippen LogP contribution < -0.4 is 9.47 Å². The largest absolute Gasteiger partial charge is 0.491 e. The molecule has 0 N–H and O–H groups in total. The lowest BCUT2D eigenvalue weighted by Gasteiger charge is -2.14. The van der Waals surface area contributed by atoms with Crippen LogP contribution in [0.1, 0.15) is 13.8 Å². The van der Waals surface area contributed by atoms with Crippen molar-refractivity contribution in [3.05, 3.63) is 84.9 Å². The lowest BCUT2D eigenvalue weighted by Crippen LogP contribution is -2.20. The zero-order valence-corrected chi connectivity index (χ0v) is 30.3. The van der Waals surface area contributed by atoms with Crippen molar-refractivity contribution in [1.29, 1.82) is 0 Å². The van der Waals surface area contributed by atoms with Crippen molar-refractivity contribution >= 4 is 0 Å². The van der Waals surface area contributed by atoms with Crippen LogP contribution in [0.5, 0.6) is 11.5 Å². The summed E-state index contributed by atoms with van der Waals surface area (Å²) in [7, 11) is 3.30. The molecule has 2 aromatic heterocycles. The summed E-state index contributed by atoms with van der Waals surface area (Å²) in [5.74, 6) is 2.77. The van der Waals surface area contributed by atoms with Gasteiger partial charge < -0.3 is 46.9 Å². The molecule has 0 radical (unpaired) electrons. The summed E-state index contributed by atoms with van der Waals surface area (Å²) in [5, 5.41) is 8.62. The maximum Gasteiger partial charge on any atom is 0.167 e. The molecule has 0 aliphatic heterocycles. The van der Waals surface area contributed by atoms with Crippen LogP contribution in [0.15, 0.2) is 94.0 Å². The molecular formula is C40H48N2O10. The van der Waals surface area contributed by atoms with E-state index in [4.69, 9.17) is 46.9 Å². The van der Waals surface area contributed by atoms with Gasteiger partial charge in [-0.1, -0.05) is 28.5 Å². The highest BCUT2D eigenvalue weighted by molar-refractivity contribution is 5.73. The van der Waals surface area contributed by atoms with E-state index in [1.807, 2.05) is 98.8 Å². The molecule has 2 atom stereocenters. The molecule has 0 fully saturated rings. The van der Waals surface area contributed by atoms with Gasteiger partial charge in [-0.2, -0.15) is 0 Å². The molecule has 0 saturated carbocycles. The third kappa shape index (κ3) is 12.3. The monoisotopic (exact) mass is 716 g/mol. The summed E-state index contributed by atoms with van der Waals surface area (Å²) >= 11 is 0. The first-order chi connectivity index (χ1) is 25.5. The lowest BCUT2D eigenvalue weighted by atomic mass is 10.0. The maximum atomic E-state index is 5.90. The molecule has 0 saturated heterocycles. The minimum Gasteiger partial charge on any atom is -0.491 e. The minimum atomic E-state index is -0.0706. The van der Waals surface area contributed by atoms with Crippen LogP contribution in [-0.2, 0) is 28.4 Å². The summed E-state index contributed by atoms with van der Waals surface area (Å²) in [4.78, 5) is 0. The van der Waals surface area contributed by atoms with Crippen LogP contribution >= 0.6 is 0 Å². The molecule has 12 nitrogen and oxygen atoms in total. The van der Waals surface area contributed by atoms with Crippen molar-refractivity contribution in [1.82, 2.24) is 10.3 Å². The highest BCUT2D eigenvalue weighted by atomic mass is 16.6. The zero-order valence-electron chi connectivity index (χ0n) is 30.3. The number of hydrogen-bond donors (Lipinski definition) is 0. The molecule has 2 heterocycles. The summed E-state index contributed by atoms with van der Waals surface area (Å²) in [6.45, 7) is 9.09. The molecule has 0 bridgehead atoms. The molecule has 0 spiro atoms. The zero-order chi connectivity index (χ0) is 36.4. The lowest BCUT2D eigenvalue weighted by molar-refractivity contribution is -0.0144. The van der Waals surface area contributed by atoms with Crippen LogP contribution in [0.25, 0.3) is 45.2 Å². The van der Waals surface area contributed by atoms with E-state index >= 15 is 0 Å². The summed E-state index contributed by atoms with van der Waals surface area (Å²) in [6, 6.07) is 27.2. The van der Waals surface area contributed by atoms with E-state index in [1.54, 1.807) is 14.2 Å². The standard InChI is InChI=1S/C40H48N2O10/c1-29(47-22-20-45-18-16-43-3)27-49-35-12-8-31(9-13-35)37-25-39(51-41-37)33-6-5-7-34(24-33)40-26-38(42-52-40)32-10-14-36(15-11-32)50-28-30(2)48-23-21-46-19-17-44-4/h5-15,24-26,29-30H,16-23,27-28H2,1-4H3/t29-,30-/m1/s1. The fourth-order valence-electron chi connectivity index (χ4n) is 4.99. The number of ether oxygens (including phenoxy) is 8. The average Bonchev–Trinajstić information content (AvgIpc) is 3.88. The fraction of sp³-hybridized carbons (Fsp3) is 0.400. The van der Waals surface area contributed by atoms with Gasteiger partial charge in [-0.15, -0.1) is 0 Å². The predicted molar refractivity (Wildman–Crippen MR) is 196 cm³/mol. The summed E-state index contributed by atoms with van der Waals surface area (Å²) < 4.78 is 55.5. The third-order valence-electron chi connectivity index (χ3n) is 7.85. The van der Waals surface area contributed by atoms with E-state index in [1.165, 1.54) is 0 Å². The Morgan fingerprint density at radius 2 is 0.923 bits per heavy atom. The van der Waals surface area contributed by atoms with Gasteiger partial charge >= 0.3 is 0 Å². The minimum absolute atomic E-state index is 0.0706. The van der Waals surface area contributed by atoms with Crippen molar-refractivity contribution in [3.63, 3.8) is 0 Å². The first kappa shape index (κ1) is 38.7. The van der Waals surface area contributed by atoms with Crippen LogP contribution in [0.4, 0.5) is 0 Å². The summed E-state index contributed by atoms with van der Waals surface area (Å²) in [6.07, 6.45) is -0.141. The van der Waals surface area contributed by atoms with Crippen molar-refractivity contribution in [2.75, 3.05) is 80.3 Å². The van der Waals surface area contributed by atoms with Crippen LogP contribution in [-0.4, -0.2) is 103 Å². The Hall–Kier alpha value is -4.56. The van der Waals surface area contributed by atoms with Gasteiger partial charge in [-0.25, -0.2) is 0 Å². The average molecular weight is 717 g/mol. The van der Waals surface area contributed by atoms with E-state index in [0.29, 0.717) is 77.6 Å². The van der Waals surface area contributed by atoms with Gasteiger partial charge in [0.2, 0.25) is 0 Å². The first-order valence-electron chi connectivity index (χ1n) is 17.4. The molecule has 278 valence electrons. The molecule has 0 amide bonds. The Labute approximate surface area is 304 Å². The van der Waals surface area contributed by atoms with Crippen molar-refractivity contribution in [3.8, 4) is 56.7 Å². The van der Waals surface area contributed by atoms with E-state index in [-0.39, 0.29) is 12.2 Å². The van der Waals surface area contributed by atoms with Gasteiger partial charge in [0.05, 0.1) is 65.1 Å². The highest BCUT2D eigenvalue weighted by Gasteiger charge is 2.14.